The second-order valence-electron chi connectivity index (χ2n) is 11.1. The largest absolute Gasteiger partial charge is 0.457 e. The molecule has 6 rings (SSSR count). The maximum atomic E-state index is 14.7. The minimum atomic E-state index is -0.327. The van der Waals surface area contributed by atoms with Crippen LogP contribution >= 0.6 is 0 Å². The Morgan fingerprint density at radius 2 is 1.66 bits per heavy atom. The molecule has 0 radical (unpaired) electrons. The van der Waals surface area contributed by atoms with E-state index in [2.05, 4.69) is 36.1 Å². The first-order chi connectivity index (χ1) is 19.7. The Morgan fingerprint density at radius 1 is 0.878 bits per heavy atom. The number of pyridine rings is 1. The molecule has 0 amide bonds. The third kappa shape index (κ3) is 5.16. The Labute approximate surface area is 238 Å². The van der Waals surface area contributed by atoms with Gasteiger partial charge in [0.05, 0.1) is 22.4 Å². The van der Waals surface area contributed by atoms with Gasteiger partial charge in [-0.1, -0.05) is 57.2 Å². The number of nitrogens with one attached hydrogen (secondary N) is 1. The van der Waals surface area contributed by atoms with Crippen molar-refractivity contribution in [3.05, 3.63) is 108 Å². The van der Waals surface area contributed by atoms with E-state index in [1.54, 1.807) is 12.5 Å². The summed E-state index contributed by atoms with van der Waals surface area (Å²) in [5, 5.41) is 3.18. The Kier molecular flexibility index (Phi) is 6.53. The second-order valence-corrected chi connectivity index (χ2v) is 11.1. The van der Waals surface area contributed by atoms with Gasteiger partial charge in [-0.3, -0.25) is 4.57 Å². The first kappa shape index (κ1) is 26.3. The molecular weight excluding hydrogens is 515 g/mol. The van der Waals surface area contributed by atoms with Crippen LogP contribution in [0, 0.1) is 12.7 Å². The molecule has 0 aliphatic carbocycles. The van der Waals surface area contributed by atoms with Crippen molar-refractivity contribution in [2.75, 3.05) is 5.32 Å². The zero-order valence-corrected chi connectivity index (χ0v) is 23.7. The summed E-state index contributed by atoms with van der Waals surface area (Å²) >= 11 is 0. The Morgan fingerprint density at radius 3 is 2.44 bits per heavy atom. The number of nitrogens with zero attached hydrogens (tertiary/aromatic N) is 5. The molecule has 0 saturated heterocycles. The highest BCUT2D eigenvalue weighted by molar-refractivity contribution is 5.81. The van der Waals surface area contributed by atoms with Crippen molar-refractivity contribution in [1.29, 1.82) is 0 Å². The number of anilines is 2. The molecule has 3 aromatic heterocycles. The quantitative estimate of drug-likeness (QED) is 0.229. The van der Waals surface area contributed by atoms with Crippen LogP contribution in [0.15, 0.2) is 91.4 Å². The zero-order chi connectivity index (χ0) is 28.7. The fraction of sp³-hybridized carbons (Fsp3) is 0.182. The Hall–Kier alpha value is -4.98. The van der Waals surface area contributed by atoms with Crippen molar-refractivity contribution in [2.45, 2.75) is 33.1 Å². The van der Waals surface area contributed by atoms with Gasteiger partial charge in [-0.05, 0) is 48.2 Å². The van der Waals surface area contributed by atoms with E-state index in [4.69, 9.17) is 9.72 Å². The minimum Gasteiger partial charge on any atom is -0.457 e. The van der Waals surface area contributed by atoms with Crippen LogP contribution in [-0.2, 0) is 12.5 Å². The lowest BCUT2D eigenvalue weighted by Gasteiger charge is -2.20. The minimum absolute atomic E-state index is 0.101. The first-order valence-corrected chi connectivity index (χ1v) is 13.4. The predicted molar refractivity (Wildman–Crippen MR) is 161 cm³/mol. The van der Waals surface area contributed by atoms with Gasteiger partial charge in [0.1, 0.15) is 29.5 Å². The van der Waals surface area contributed by atoms with Crippen LogP contribution in [0.5, 0.6) is 11.5 Å². The first-order valence-electron chi connectivity index (χ1n) is 13.4. The number of imidazole rings is 2. The SMILES string of the molecule is Cc1c(-c2ccccc2)ncn1-c1cc(Oc2ccc3c(c2)nc(Nc2cc(C(C)(C)C)ccc2F)n3C)ccn1. The van der Waals surface area contributed by atoms with E-state index < -0.39 is 0 Å². The van der Waals surface area contributed by atoms with Crippen LogP contribution in [-0.4, -0.2) is 24.1 Å². The third-order valence-electron chi connectivity index (χ3n) is 7.18. The third-order valence-corrected chi connectivity index (χ3v) is 7.18. The molecule has 206 valence electrons. The van der Waals surface area contributed by atoms with Crippen molar-refractivity contribution in [3.8, 4) is 28.6 Å². The summed E-state index contributed by atoms with van der Waals surface area (Å²) in [6, 6.07) is 24.6. The average Bonchev–Trinajstić information content (AvgIpc) is 3.49. The lowest BCUT2D eigenvalue weighted by Crippen LogP contribution is -2.12. The number of fused-ring (bicyclic) bond motifs is 1. The molecule has 41 heavy (non-hydrogen) atoms. The fourth-order valence-electron chi connectivity index (χ4n) is 4.81. The van der Waals surface area contributed by atoms with E-state index in [0.29, 0.717) is 29.0 Å². The summed E-state index contributed by atoms with van der Waals surface area (Å²) in [5.41, 5.74) is 5.90. The molecule has 0 spiro atoms. The van der Waals surface area contributed by atoms with Gasteiger partial charge < -0.3 is 14.6 Å². The van der Waals surface area contributed by atoms with E-state index in [1.165, 1.54) is 6.07 Å². The molecule has 0 bridgehead atoms. The molecule has 8 heteroatoms. The molecule has 0 fully saturated rings. The number of ether oxygens (including phenoxy) is 1. The van der Waals surface area contributed by atoms with Crippen molar-refractivity contribution in [3.63, 3.8) is 0 Å². The highest BCUT2D eigenvalue weighted by atomic mass is 19.1. The van der Waals surface area contributed by atoms with Crippen LogP contribution in [0.3, 0.4) is 0 Å². The molecule has 3 heterocycles. The van der Waals surface area contributed by atoms with E-state index in [0.717, 1.165) is 33.5 Å². The summed E-state index contributed by atoms with van der Waals surface area (Å²) in [4.78, 5) is 13.9. The molecule has 7 nitrogen and oxygen atoms in total. The summed E-state index contributed by atoms with van der Waals surface area (Å²) in [5.74, 6) is 2.19. The highest BCUT2D eigenvalue weighted by Crippen LogP contribution is 2.32. The topological polar surface area (TPSA) is 69.8 Å². The lowest BCUT2D eigenvalue weighted by molar-refractivity contribution is 0.482. The number of rotatable bonds is 6. The maximum absolute atomic E-state index is 14.7. The number of hydrogen-bond acceptors (Lipinski definition) is 5. The monoisotopic (exact) mass is 546 g/mol. The van der Waals surface area contributed by atoms with Crippen LogP contribution in [0.1, 0.15) is 32.0 Å². The van der Waals surface area contributed by atoms with Gasteiger partial charge in [-0.2, -0.15) is 0 Å². The van der Waals surface area contributed by atoms with Gasteiger partial charge in [-0.25, -0.2) is 19.3 Å². The Balaban J connectivity index is 1.26. The molecule has 0 aliphatic rings. The molecule has 1 N–H and O–H groups in total. The second kappa shape index (κ2) is 10.2. The van der Waals surface area contributed by atoms with Crippen molar-refractivity contribution < 1.29 is 9.13 Å². The number of aryl methyl sites for hydroxylation is 1. The van der Waals surface area contributed by atoms with Crippen LogP contribution in [0.2, 0.25) is 0 Å². The molecular formula is C33H31FN6O. The zero-order valence-electron chi connectivity index (χ0n) is 23.7. The van der Waals surface area contributed by atoms with E-state index in [9.17, 15) is 4.39 Å². The summed E-state index contributed by atoms with van der Waals surface area (Å²) in [7, 11) is 1.90. The summed E-state index contributed by atoms with van der Waals surface area (Å²) in [6.07, 6.45) is 3.49. The van der Waals surface area contributed by atoms with E-state index >= 15 is 0 Å². The number of aromatic nitrogens is 5. The van der Waals surface area contributed by atoms with Gasteiger partial charge in [0.15, 0.2) is 0 Å². The highest BCUT2D eigenvalue weighted by Gasteiger charge is 2.18. The van der Waals surface area contributed by atoms with E-state index in [-0.39, 0.29) is 11.2 Å². The van der Waals surface area contributed by atoms with Crippen LogP contribution in [0.4, 0.5) is 16.0 Å². The molecule has 3 aromatic carbocycles. The van der Waals surface area contributed by atoms with Crippen LogP contribution < -0.4 is 10.1 Å². The number of halogens is 1. The van der Waals surface area contributed by atoms with Crippen LogP contribution in [0.25, 0.3) is 28.1 Å². The summed E-state index contributed by atoms with van der Waals surface area (Å²) < 4.78 is 24.7. The maximum Gasteiger partial charge on any atom is 0.208 e. The normalized spacial score (nSPS) is 11.7. The Bertz CT molecular complexity index is 1870. The van der Waals surface area contributed by atoms with Crippen molar-refractivity contribution in [1.82, 2.24) is 24.1 Å². The lowest BCUT2D eigenvalue weighted by atomic mass is 9.87. The van der Waals surface area contributed by atoms with Gasteiger partial charge in [0.25, 0.3) is 0 Å². The fourth-order valence-corrected chi connectivity index (χ4v) is 4.81. The molecule has 0 aliphatic heterocycles. The molecule has 0 unspecified atom stereocenters. The van der Waals surface area contributed by atoms with Gasteiger partial charge >= 0.3 is 0 Å². The standard InChI is InChI=1S/C33H31FN6O/c1-21-31(22-9-7-6-8-10-22)36-20-40(21)30-19-25(15-16-35-30)41-24-12-14-29-28(18-24)38-32(39(29)5)37-27-17-23(33(2,3)4)11-13-26(27)34/h6-20H,1-5H3,(H,37,38). The molecule has 0 saturated carbocycles. The number of benzene rings is 3. The van der Waals surface area contributed by atoms with Crippen molar-refractivity contribution in [2.24, 2.45) is 7.05 Å². The van der Waals surface area contributed by atoms with E-state index in [1.807, 2.05) is 95.9 Å². The predicted octanol–water partition coefficient (Wildman–Crippen LogP) is 8.10. The molecule has 6 aromatic rings. The number of hydrogen-bond donors (Lipinski definition) is 1. The van der Waals surface area contributed by atoms with Crippen molar-refractivity contribution >= 4 is 22.7 Å². The van der Waals surface area contributed by atoms with Gasteiger partial charge in [0.2, 0.25) is 5.95 Å². The van der Waals surface area contributed by atoms with Gasteiger partial charge in [0, 0.05) is 36.6 Å². The smallest absolute Gasteiger partial charge is 0.208 e. The molecule has 0 atom stereocenters. The average molecular weight is 547 g/mol. The summed E-state index contributed by atoms with van der Waals surface area (Å²) in [6.45, 7) is 8.33. The van der Waals surface area contributed by atoms with Gasteiger partial charge in [-0.15, -0.1) is 0 Å².